The van der Waals surface area contributed by atoms with Crippen LogP contribution in [0.2, 0.25) is 0 Å². The Balaban J connectivity index is 1.98. The average Bonchev–Trinajstić information content (AvgIpc) is 2.69. The fraction of sp³-hybridized carbons (Fsp3) is 0.409. The van der Waals surface area contributed by atoms with Crippen molar-refractivity contribution in [2.45, 2.75) is 39.2 Å². The molecule has 0 bridgehead atoms. The lowest BCUT2D eigenvalue weighted by molar-refractivity contribution is -0.121. The molecule has 2 aromatic carbocycles. The number of sulfonamides is 1. The number of nitrogens with zero attached hydrogens (tertiary/aromatic N) is 1. The minimum atomic E-state index is -3.54. The maximum Gasteiger partial charge on any atom is 0.232 e. The van der Waals surface area contributed by atoms with E-state index < -0.39 is 15.8 Å². The number of hydrogen-bond acceptors (Lipinski definition) is 4. The topological polar surface area (TPSA) is 75.7 Å². The summed E-state index contributed by atoms with van der Waals surface area (Å²) in [5.41, 5.74) is 2.36. The summed E-state index contributed by atoms with van der Waals surface area (Å²) in [5.74, 6) is 0.204. The third kappa shape index (κ3) is 6.45. The standard InChI is InChI=1S/C22H29FN2O4S/c1-5-20(17-8-13-21(29-3)16(2)15-17)24-22(26)7-6-14-25(30(4,27)28)19-11-9-18(23)10-12-19/h8-13,15,20H,5-7,14H2,1-4H3,(H,24,26). The molecule has 1 N–H and O–H groups in total. The highest BCUT2D eigenvalue weighted by Crippen LogP contribution is 2.24. The van der Waals surface area contributed by atoms with Crippen LogP contribution in [0.4, 0.5) is 10.1 Å². The van der Waals surface area contributed by atoms with Crippen LogP contribution >= 0.6 is 0 Å². The van der Waals surface area contributed by atoms with Crippen molar-refractivity contribution in [3.8, 4) is 5.75 Å². The van der Waals surface area contributed by atoms with Gasteiger partial charge in [0, 0.05) is 13.0 Å². The van der Waals surface area contributed by atoms with Crippen LogP contribution in [0.5, 0.6) is 5.75 Å². The van der Waals surface area contributed by atoms with Crippen molar-refractivity contribution in [3.63, 3.8) is 0 Å². The van der Waals surface area contributed by atoms with E-state index in [4.69, 9.17) is 4.74 Å². The Morgan fingerprint density at radius 2 is 1.87 bits per heavy atom. The monoisotopic (exact) mass is 436 g/mol. The first-order valence-electron chi connectivity index (χ1n) is 9.83. The first-order valence-corrected chi connectivity index (χ1v) is 11.7. The average molecular weight is 437 g/mol. The van der Waals surface area contributed by atoms with E-state index in [1.54, 1.807) is 7.11 Å². The van der Waals surface area contributed by atoms with Gasteiger partial charge in [0.25, 0.3) is 0 Å². The molecule has 2 rings (SSSR count). The Morgan fingerprint density at radius 1 is 1.20 bits per heavy atom. The van der Waals surface area contributed by atoms with Gasteiger partial charge in [-0.25, -0.2) is 12.8 Å². The molecule has 0 heterocycles. The number of hydrogen-bond donors (Lipinski definition) is 1. The molecule has 8 heteroatoms. The van der Waals surface area contributed by atoms with Gasteiger partial charge in [0.2, 0.25) is 15.9 Å². The fourth-order valence-electron chi connectivity index (χ4n) is 3.28. The Hall–Kier alpha value is -2.61. The van der Waals surface area contributed by atoms with Crippen LogP contribution in [0.3, 0.4) is 0 Å². The van der Waals surface area contributed by atoms with Crippen molar-refractivity contribution < 1.29 is 22.3 Å². The Kier molecular flexibility index (Phi) is 8.23. The predicted molar refractivity (Wildman–Crippen MR) is 117 cm³/mol. The van der Waals surface area contributed by atoms with Crippen molar-refractivity contribution in [2.24, 2.45) is 0 Å². The van der Waals surface area contributed by atoms with Crippen LogP contribution < -0.4 is 14.4 Å². The molecule has 0 aliphatic heterocycles. The van der Waals surface area contributed by atoms with Crippen LogP contribution in [0.15, 0.2) is 42.5 Å². The summed E-state index contributed by atoms with van der Waals surface area (Å²) >= 11 is 0. The number of carbonyl (C=O) groups is 1. The zero-order valence-electron chi connectivity index (χ0n) is 17.8. The number of aryl methyl sites for hydroxylation is 1. The highest BCUT2D eigenvalue weighted by Gasteiger charge is 2.19. The van der Waals surface area contributed by atoms with Crippen molar-refractivity contribution >= 4 is 21.6 Å². The number of carbonyl (C=O) groups excluding carboxylic acids is 1. The van der Waals surface area contributed by atoms with Crippen molar-refractivity contribution in [1.29, 1.82) is 0 Å². The van der Waals surface area contributed by atoms with E-state index in [1.165, 1.54) is 28.6 Å². The molecule has 1 amide bonds. The number of methoxy groups -OCH3 is 1. The third-order valence-electron chi connectivity index (χ3n) is 4.84. The molecule has 0 aliphatic carbocycles. The molecule has 0 saturated carbocycles. The molecular formula is C22H29FN2O4S. The summed E-state index contributed by atoms with van der Waals surface area (Å²) in [7, 11) is -1.93. The Bertz CT molecular complexity index is 962. The maximum atomic E-state index is 13.1. The van der Waals surface area contributed by atoms with Gasteiger partial charge in [-0.3, -0.25) is 9.10 Å². The summed E-state index contributed by atoms with van der Waals surface area (Å²) in [5, 5.41) is 3.01. The Labute approximate surface area is 178 Å². The van der Waals surface area contributed by atoms with Gasteiger partial charge in [-0.1, -0.05) is 19.1 Å². The van der Waals surface area contributed by atoms with Crippen LogP contribution in [0.25, 0.3) is 0 Å². The first-order chi connectivity index (χ1) is 14.2. The molecule has 0 saturated heterocycles. The number of benzene rings is 2. The van der Waals surface area contributed by atoms with Crippen LogP contribution in [-0.2, 0) is 14.8 Å². The van der Waals surface area contributed by atoms with E-state index in [9.17, 15) is 17.6 Å². The zero-order valence-corrected chi connectivity index (χ0v) is 18.6. The second kappa shape index (κ2) is 10.4. The van der Waals surface area contributed by atoms with E-state index >= 15 is 0 Å². The van der Waals surface area contributed by atoms with Crippen LogP contribution in [-0.4, -0.2) is 34.2 Å². The minimum Gasteiger partial charge on any atom is -0.496 e. The van der Waals surface area contributed by atoms with E-state index in [1.807, 2.05) is 32.0 Å². The molecule has 2 aromatic rings. The molecular weight excluding hydrogens is 407 g/mol. The van der Waals surface area contributed by atoms with Crippen molar-refractivity contribution in [2.75, 3.05) is 24.2 Å². The fourth-order valence-corrected chi connectivity index (χ4v) is 4.25. The summed E-state index contributed by atoms with van der Waals surface area (Å²) in [6.07, 6.45) is 2.34. The molecule has 0 aliphatic rings. The molecule has 0 fully saturated rings. The molecule has 0 radical (unpaired) electrons. The summed E-state index contributed by atoms with van der Waals surface area (Å²) in [6, 6.07) is 10.9. The molecule has 6 nitrogen and oxygen atoms in total. The predicted octanol–water partition coefficient (Wildman–Crippen LogP) is 3.96. The van der Waals surface area contributed by atoms with Gasteiger partial charge in [-0.15, -0.1) is 0 Å². The molecule has 0 spiro atoms. The van der Waals surface area contributed by atoms with Crippen molar-refractivity contribution in [3.05, 3.63) is 59.4 Å². The van der Waals surface area contributed by atoms with Gasteiger partial charge in [-0.05, 0) is 61.2 Å². The molecule has 1 atom stereocenters. The van der Waals surface area contributed by atoms with E-state index in [0.717, 1.165) is 29.6 Å². The van der Waals surface area contributed by atoms with Crippen molar-refractivity contribution in [1.82, 2.24) is 5.32 Å². The van der Waals surface area contributed by atoms with E-state index in [0.29, 0.717) is 12.1 Å². The van der Waals surface area contributed by atoms with E-state index in [-0.39, 0.29) is 24.9 Å². The third-order valence-corrected chi connectivity index (χ3v) is 6.04. The lowest BCUT2D eigenvalue weighted by atomic mass is 10.0. The number of ether oxygens (including phenoxy) is 1. The molecule has 0 aromatic heterocycles. The van der Waals surface area contributed by atoms with Gasteiger partial charge < -0.3 is 10.1 Å². The highest BCUT2D eigenvalue weighted by molar-refractivity contribution is 7.92. The smallest absolute Gasteiger partial charge is 0.232 e. The highest BCUT2D eigenvalue weighted by atomic mass is 32.2. The second-order valence-electron chi connectivity index (χ2n) is 7.17. The SMILES string of the molecule is CCC(NC(=O)CCCN(c1ccc(F)cc1)S(C)(=O)=O)c1ccc(OC)c(C)c1. The number of amides is 1. The minimum absolute atomic E-state index is 0.134. The second-order valence-corrected chi connectivity index (χ2v) is 9.08. The lowest BCUT2D eigenvalue weighted by Gasteiger charge is -2.23. The number of anilines is 1. The van der Waals surface area contributed by atoms with E-state index in [2.05, 4.69) is 5.32 Å². The first kappa shape index (κ1) is 23.7. The molecule has 1 unspecified atom stereocenters. The summed E-state index contributed by atoms with van der Waals surface area (Å²) < 4.78 is 43.8. The lowest BCUT2D eigenvalue weighted by Crippen LogP contribution is -2.33. The molecule has 164 valence electrons. The van der Waals surface area contributed by atoms with Gasteiger partial charge >= 0.3 is 0 Å². The Morgan fingerprint density at radius 3 is 2.40 bits per heavy atom. The number of halogens is 1. The maximum absolute atomic E-state index is 13.1. The van der Waals surface area contributed by atoms with Crippen LogP contribution in [0.1, 0.15) is 43.4 Å². The number of nitrogens with one attached hydrogen (secondary N) is 1. The van der Waals surface area contributed by atoms with Gasteiger partial charge in [0.15, 0.2) is 0 Å². The van der Waals surface area contributed by atoms with Gasteiger partial charge in [0.05, 0.1) is 25.1 Å². The van der Waals surface area contributed by atoms with Crippen LogP contribution in [0, 0.1) is 12.7 Å². The normalized spacial score (nSPS) is 12.3. The summed E-state index contributed by atoms with van der Waals surface area (Å²) in [4.78, 5) is 12.5. The molecule has 30 heavy (non-hydrogen) atoms. The number of rotatable bonds is 10. The van der Waals surface area contributed by atoms with Gasteiger partial charge in [-0.2, -0.15) is 0 Å². The summed E-state index contributed by atoms with van der Waals surface area (Å²) in [6.45, 7) is 4.08. The quantitative estimate of drug-likeness (QED) is 0.612. The zero-order chi connectivity index (χ0) is 22.3. The van der Waals surface area contributed by atoms with Gasteiger partial charge in [0.1, 0.15) is 11.6 Å². The largest absolute Gasteiger partial charge is 0.496 e.